The van der Waals surface area contributed by atoms with Crippen LogP contribution in [0.25, 0.3) is 0 Å². The highest BCUT2D eigenvalue weighted by atomic mass is 127. The molecule has 0 bridgehead atoms. The van der Waals surface area contributed by atoms with E-state index in [-0.39, 0.29) is 30.1 Å². The van der Waals surface area contributed by atoms with Gasteiger partial charge < -0.3 is 19.9 Å². The van der Waals surface area contributed by atoms with Crippen molar-refractivity contribution in [2.45, 2.75) is 26.4 Å². The summed E-state index contributed by atoms with van der Waals surface area (Å²) in [5, 5.41) is 7.73. The van der Waals surface area contributed by atoms with Crippen LogP contribution in [0.4, 0.5) is 5.69 Å². The summed E-state index contributed by atoms with van der Waals surface area (Å²) in [5.41, 5.74) is 2.40. The van der Waals surface area contributed by atoms with Crippen LogP contribution < -0.4 is 10.2 Å². The first-order chi connectivity index (χ1) is 14.2. The molecule has 1 atom stereocenters. The molecule has 1 unspecified atom stereocenters. The van der Waals surface area contributed by atoms with Crippen LogP contribution in [0.1, 0.15) is 31.9 Å². The zero-order valence-electron chi connectivity index (χ0n) is 18.3. The summed E-state index contributed by atoms with van der Waals surface area (Å²) >= 11 is 0. The number of rotatable bonds is 8. The summed E-state index contributed by atoms with van der Waals surface area (Å²) in [6.07, 6.45) is 4.98. The van der Waals surface area contributed by atoms with Crippen LogP contribution in [-0.4, -0.2) is 66.5 Å². The van der Waals surface area contributed by atoms with Crippen molar-refractivity contribution in [2.24, 2.45) is 12.0 Å². The standard InChI is InChI=1S/C22H34N6O.HI/c1-4-23-22(24-12-9-13-27(5-2)20-10-7-6-8-11-20)28-14-15-29-21(18-28)19-16-25-26(3)17-19;/h6-8,10-11,16-17,21H,4-5,9,12-15,18H2,1-3H3,(H,23,24);1H. The Labute approximate surface area is 197 Å². The Kier molecular flexibility index (Phi) is 10.4. The summed E-state index contributed by atoms with van der Waals surface area (Å²) in [6, 6.07) is 10.6. The van der Waals surface area contributed by atoms with Gasteiger partial charge in [0.1, 0.15) is 6.10 Å². The highest BCUT2D eigenvalue weighted by Crippen LogP contribution is 2.21. The molecular formula is C22H35IN6O. The number of aliphatic imine (C=N–C) groups is 1. The van der Waals surface area contributed by atoms with Crippen LogP contribution in [0.5, 0.6) is 0 Å². The molecule has 8 heteroatoms. The van der Waals surface area contributed by atoms with Crippen LogP contribution in [0.3, 0.4) is 0 Å². The van der Waals surface area contributed by atoms with Gasteiger partial charge in [0.05, 0.1) is 19.3 Å². The quantitative estimate of drug-likeness (QED) is 0.248. The number of morpholine rings is 1. The number of hydrogen-bond donors (Lipinski definition) is 1. The molecule has 2 aromatic rings. The third-order valence-electron chi connectivity index (χ3n) is 5.15. The molecular weight excluding hydrogens is 491 g/mol. The number of benzene rings is 1. The summed E-state index contributed by atoms with van der Waals surface area (Å²) in [4.78, 5) is 9.60. The third kappa shape index (κ3) is 6.87. The number of halogens is 1. The second kappa shape index (κ2) is 12.8. The van der Waals surface area contributed by atoms with E-state index in [4.69, 9.17) is 9.73 Å². The molecule has 1 aliphatic rings. The number of aryl methyl sites for hydroxylation is 1. The van der Waals surface area contributed by atoms with Gasteiger partial charge in [-0.3, -0.25) is 9.67 Å². The Balaban J connectivity index is 0.00000320. The van der Waals surface area contributed by atoms with Crippen LogP contribution >= 0.6 is 24.0 Å². The van der Waals surface area contributed by atoms with Crippen LogP contribution in [0, 0.1) is 0 Å². The number of aromatic nitrogens is 2. The highest BCUT2D eigenvalue weighted by Gasteiger charge is 2.25. The topological polar surface area (TPSA) is 57.9 Å². The zero-order chi connectivity index (χ0) is 20.5. The Morgan fingerprint density at radius 3 is 2.77 bits per heavy atom. The maximum absolute atomic E-state index is 5.97. The summed E-state index contributed by atoms with van der Waals surface area (Å²) < 4.78 is 7.79. The molecule has 0 amide bonds. The second-order valence-corrected chi connectivity index (χ2v) is 7.26. The molecule has 3 rings (SSSR count). The molecule has 0 spiro atoms. The van der Waals surface area contributed by atoms with E-state index in [0.29, 0.717) is 6.61 Å². The van der Waals surface area contributed by atoms with Crippen molar-refractivity contribution in [1.29, 1.82) is 0 Å². The Bertz CT molecular complexity index is 766. The van der Waals surface area contributed by atoms with E-state index in [2.05, 4.69) is 64.4 Å². The van der Waals surface area contributed by atoms with E-state index in [0.717, 1.165) is 57.2 Å². The van der Waals surface area contributed by atoms with Crippen LogP contribution in [-0.2, 0) is 11.8 Å². The van der Waals surface area contributed by atoms with Crippen LogP contribution in [0.2, 0.25) is 0 Å². The summed E-state index contributed by atoms with van der Waals surface area (Å²) in [5.74, 6) is 0.979. The molecule has 1 N–H and O–H groups in total. The second-order valence-electron chi connectivity index (χ2n) is 7.26. The van der Waals surface area contributed by atoms with Gasteiger partial charge in [-0.1, -0.05) is 18.2 Å². The van der Waals surface area contributed by atoms with Crippen molar-refractivity contribution in [3.05, 3.63) is 48.3 Å². The number of ether oxygens (including phenoxy) is 1. The summed E-state index contributed by atoms with van der Waals surface area (Å²) in [6.45, 7) is 10.3. The molecule has 1 aliphatic heterocycles. The molecule has 1 aromatic carbocycles. The number of nitrogens with zero attached hydrogens (tertiary/aromatic N) is 5. The van der Waals surface area contributed by atoms with E-state index in [1.807, 2.05) is 24.1 Å². The number of nitrogens with one attached hydrogen (secondary N) is 1. The first-order valence-electron chi connectivity index (χ1n) is 10.6. The normalized spacial score (nSPS) is 16.8. The molecule has 1 fully saturated rings. The van der Waals surface area contributed by atoms with Gasteiger partial charge in [-0.05, 0) is 32.4 Å². The fourth-order valence-corrected chi connectivity index (χ4v) is 3.63. The van der Waals surface area contributed by atoms with Crippen molar-refractivity contribution in [3.8, 4) is 0 Å². The fraction of sp³-hybridized carbons (Fsp3) is 0.545. The predicted molar refractivity (Wildman–Crippen MR) is 134 cm³/mol. The molecule has 0 aliphatic carbocycles. The molecule has 0 saturated carbocycles. The predicted octanol–water partition coefficient (Wildman–Crippen LogP) is 3.29. The smallest absolute Gasteiger partial charge is 0.194 e. The van der Waals surface area contributed by atoms with Crippen molar-refractivity contribution in [3.63, 3.8) is 0 Å². The first-order valence-corrected chi connectivity index (χ1v) is 10.6. The molecule has 1 saturated heterocycles. The molecule has 1 aromatic heterocycles. The Morgan fingerprint density at radius 1 is 1.30 bits per heavy atom. The van der Waals surface area contributed by atoms with Gasteiger partial charge in [-0.25, -0.2) is 0 Å². The first kappa shape index (κ1) is 24.5. The number of guanidine groups is 1. The van der Waals surface area contributed by atoms with E-state index in [9.17, 15) is 0 Å². The minimum absolute atomic E-state index is 0. The monoisotopic (exact) mass is 526 g/mol. The van der Waals surface area contributed by atoms with Crippen LogP contribution in [0.15, 0.2) is 47.7 Å². The minimum atomic E-state index is 0. The lowest BCUT2D eigenvalue weighted by atomic mass is 10.1. The number of hydrogen-bond acceptors (Lipinski definition) is 4. The molecule has 30 heavy (non-hydrogen) atoms. The Hall–Kier alpha value is -1.81. The van der Waals surface area contributed by atoms with Gasteiger partial charge in [0, 0.05) is 57.2 Å². The van der Waals surface area contributed by atoms with Crippen molar-refractivity contribution in [2.75, 3.05) is 50.8 Å². The van der Waals surface area contributed by atoms with Gasteiger partial charge in [0.25, 0.3) is 0 Å². The number of para-hydroxylation sites is 1. The van der Waals surface area contributed by atoms with E-state index in [1.54, 1.807) is 0 Å². The fourth-order valence-electron chi connectivity index (χ4n) is 3.63. The molecule has 7 nitrogen and oxygen atoms in total. The number of anilines is 1. The maximum Gasteiger partial charge on any atom is 0.194 e. The summed E-state index contributed by atoms with van der Waals surface area (Å²) in [7, 11) is 1.94. The van der Waals surface area contributed by atoms with Gasteiger partial charge in [0.15, 0.2) is 5.96 Å². The van der Waals surface area contributed by atoms with E-state index >= 15 is 0 Å². The molecule has 2 heterocycles. The van der Waals surface area contributed by atoms with E-state index in [1.165, 1.54) is 5.69 Å². The van der Waals surface area contributed by atoms with E-state index < -0.39 is 0 Å². The maximum atomic E-state index is 5.97. The average Bonchev–Trinajstić information content (AvgIpc) is 3.20. The third-order valence-corrected chi connectivity index (χ3v) is 5.15. The van der Waals surface area contributed by atoms with Gasteiger partial charge in [-0.15, -0.1) is 24.0 Å². The SMILES string of the molecule is CCNC(=NCCCN(CC)c1ccccc1)N1CCOC(c2cnn(C)c2)C1.I. The van der Waals surface area contributed by atoms with Gasteiger partial charge in [0.2, 0.25) is 0 Å². The van der Waals surface area contributed by atoms with Gasteiger partial charge >= 0.3 is 0 Å². The van der Waals surface area contributed by atoms with Crippen molar-refractivity contribution < 1.29 is 4.74 Å². The van der Waals surface area contributed by atoms with Gasteiger partial charge in [-0.2, -0.15) is 5.10 Å². The molecule has 0 radical (unpaired) electrons. The zero-order valence-corrected chi connectivity index (χ0v) is 20.7. The lowest BCUT2D eigenvalue weighted by molar-refractivity contribution is -0.00803. The average molecular weight is 526 g/mol. The molecule has 166 valence electrons. The highest BCUT2D eigenvalue weighted by molar-refractivity contribution is 14.0. The lowest BCUT2D eigenvalue weighted by Crippen LogP contribution is -2.48. The minimum Gasteiger partial charge on any atom is -0.372 e. The van der Waals surface area contributed by atoms with Crippen molar-refractivity contribution in [1.82, 2.24) is 20.0 Å². The largest absolute Gasteiger partial charge is 0.372 e. The van der Waals surface area contributed by atoms with Crippen molar-refractivity contribution >= 4 is 35.6 Å². The Morgan fingerprint density at radius 2 is 2.10 bits per heavy atom. The lowest BCUT2D eigenvalue weighted by Gasteiger charge is -2.34.